The Morgan fingerprint density at radius 1 is 1.22 bits per heavy atom. The third-order valence-electron chi connectivity index (χ3n) is 2.77. The van der Waals surface area contributed by atoms with Gasteiger partial charge in [0, 0.05) is 10.5 Å². The summed E-state index contributed by atoms with van der Waals surface area (Å²) in [5.74, 6) is -0.221. The van der Waals surface area contributed by atoms with Gasteiger partial charge >= 0.3 is 0 Å². The maximum Gasteiger partial charge on any atom is 0.126 e. The highest BCUT2D eigenvalue weighted by Crippen LogP contribution is 2.27. The Kier molecular flexibility index (Phi) is 4.38. The molecule has 0 amide bonds. The van der Waals surface area contributed by atoms with Gasteiger partial charge in [0.15, 0.2) is 0 Å². The van der Waals surface area contributed by atoms with Crippen molar-refractivity contribution < 1.29 is 4.39 Å². The molecule has 1 nitrogen and oxygen atoms in total. The predicted molar refractivity (Wildman–Crippen MR) is 76.2 cm³/mol. The van der Waals surface area contributed by atoms with Crippen LogP contribution in [0.25, 0.3) is 0 Å². The second-order valence-corrected chi connectivity index (χ2v) is 5.34. The van der Waals surface area contributed by atoms with Gasteiger partial charge in [-0.05, 0) is 51.7 Å². The molecule has 0 aliphatic rings. The van der Waals surface area contributed by atoms with E-state index in [9.17, 15) is 4.39 Å². The van der Waals surface area contributed by atoms with Gasteiger partial charge in [0.05, 0.1) is 5.02 Å². The van der Waals surface area contributed by atoms with Crippen molar-refractivity contribution in [2.24, 2.45) is 5.73 Å². The number of hydrogen-bond acceptors (Lipinski definition) is 1. The van der Waals surface area contributed by atoms with E-state index < -0.39 is 0 Å². The average Bonchev–Trinajstić information content (AvgIpc) is 2.35. The molecule has 4 heteroatoms. The zero-order valence-corrected chi connectivity index (χ0v) is 11.9. The van der Waals surface area contributed by atoms with Crippen molar-refractivity contribution >= 4 is 27.5 Å². The summed E-state index contributed by atoms with van der Waals surface area (Å²) < 4.78 is 14.3. The molecule has 0 radical (unpaired) electrons. The molecular weight excluding hydrogens is 317 g/mol. The summed E-state index contributed by atoms with van der Waals surface area (Å²) in [6.45, 7) is 0. The largest absolute Gasteiger partial charge is 0.324 e. The van der Waals surface area contributed by atoms with Crippen LogP contribution in [0, 0.1) is 5.82 Å². The Labute approximate surface area is 119 Å². The van der Waals surface area contributed by atoms with Crippen molar-refractivity contribution in [1.82, 2.24) is 0 Å². The van der Waals surface area contributed by atoms with Gasteiger partial charge < -0.3 is 5.73 Å². The van der Waals surface area contributed by atoms with Crippen LogP contribution in [0.15, 0.2) is 46.9 Å². The molecule has 94 valence electrons. The number of rotatable bonds is 3. The Bertz CT molecular complexity index is 559. The molecule has 0 spiro atoms. The maximum atomic E-state index is 13.5. The lowest BCUT2D eigenvalue weighted by molar-refractivity contribution is 0.593. The molecule has 0 heterocycles. The molecular formula is C14H12BrClFN. The zero-order chi connectivity index (χ0) is 13.1. The third-order valence-corrected chi connectivity index (χ3v) is 3.98. The van der Waals surface area contributed by atoms with Crippen LogP contribution in [-0.2, 0) is 6.42 Å². The molecule has 2 rings (SSSR count). The Balaban J connectivity index is 2.19. The highest BCUT2D eigenvalue weighted by molar-refractivity contribution is 9.10. The Morgan fingerprint density at radius 3 is 2.61 bits per heavy atom. The normalized spacial score (nSPS) is 12.4. The number of hydrogen-bond donors (Lipinski definition) is 1. The van der Waals surface area contributed by atoms with E-state index >= 15 is 0 Å². The van der Waals surface area contributed by atoms with Gasteiger partial charge in [0.25, 0.3) is 0 Å². The summed E-state index contributed by atoms with van der Waals surface area (Å²) in [5.41, 5.74) is 7.63. The highest BCUT2D eigenvalue weighted by Gasteiger charge is 2.11. The van der Waals surface area contributed by atoms with Crippen molar-refractivity contribution in [2.45, 2.75) is 12.5 Å². The molecule has 2 aromatic rings. The monoisotopic (exact) mass is 327 g/mol. The van der Waals surface area contributed by atoms with Crippen molar-refractivity contribution in [3.05, 3.63) is 68.9 Å². The summed E-state index contributed by atoms with van der Waals surface area (Å²) in [5, 5.41) is 0.636. The van der Waals surface area contributed by atoms with E-state index in [0.29, 0.717) is 17.0 Å². The summed E-state index contributed by atoms with van der Waals surface area (Å²) in [7, 11) is 0. The summed E-state index contributed by atoms with van der Waals surface area (Å²) >= 11 is 9.28. The van der Waals surface area contributed by atoms with Gasteiger partial charge in [-0.25, -0.2) is 4.39 Å². The topological polar surface area (TPSA) is 26.0 Å². The number of nitrogens with two attached hydrogens (primary N) is 1. The van der Waals surface area contributed by atoms with E-state index in [1.54, 1.807) is 18.2 Å². The fourth-order valence-electron chi connectivity index (χ4n) is 1.76. The molecule has 0 fully saturated rings. The molecule has 18 heavy (non-hydrogen) atoms. The second-order valence-electron chi connectivity index (χ2n) is 4.08. The van der Waals surface area contributed by atoms with Crippen LogP contribution >= 0.6 is 27.5 Å². The fraction of sp³-hybridized carbons (Fsp3) is 0.143. The Hall–Kier alpha value is -0.900. The standard InChI is InChI=1S/C14H12BrClFN/c15-11-7-10(5-6-12(11)16)14(18)8-9-3-1-2-4-13(9)17/h1-7,14H,8,18H2. The minimum Gasteiger partial charge on any atom is -0.324 e. The summed E-state index contributed by atoms with van der Waals surface area (Å²) in [6.07, 6.45) is 0.459. The van der Waals surface area contributed by atoms with E-state index in [1.807, 2.05) is 18.2 Å². The lowest BCUT2D eigenvalue weighted by atomic mass is 9.99. The van der Waals surface area contributed by atoms with Gasteiger partial charge in [0.1, 0.15) is 5.82 Å². The SMILES string of the molecule is NC(Cc1ccccc1F)c1ccc(Cl)c(Br)c1. The van der Waals surface area contributed by atoms with Crippen LogP contribution < -0.4 is 5.73 Å². The molecule has 1 unspecified atom stereocenters. The zero-order valence-electron chi connectivity index (χ0n) is 9.54. The summed E-state index contributed by atoms with van der Waals surface area (Å²) in [4.78, 5) is 0. The van der Waals surface area contributed by atoms with E-state index in [2.05, 4.69) is 15.9 Å². The first kappa shape index (κ1) is 13.5. The van der Waals surface area contributed by atoms with Crippen molar-refractivity contribution in [1.29, 1.82) is 0 Å². The molecule has 0 bridgehead atoms. The average molecular weight is 329 g/mol. The molecule has 1 atom stereocenters. The van der Waals surface area contributed by atoms with E-state index in [1.165, 1.54) is 6.07 Å². The fourth-order valence-corrected chi connectivity index (χ4v) is 2.28. The summed E-state index contributed by atoms with van der Waals surface area (Å²) in [6, 6.07) is 11.9. The van der Waals surface area contributed by atoms with Crippen molar-refractivity contribution in [3.63, 3.8) is 0 Å². The van der Waals surface area contributed by atoms with Gasteiger partial charge in [-0.15, -0.1) is 0 Å². The number of benzene rings is 2. The van der Waals surface area contributed by atoms with Crippen molar-refractivity contribution in [2.75, 3.05) is 0 Å². The smallest absolute Gasteiger partial charge is 0.126 e. The predicted octanol–water partition coefficient (Wildman–Crippen LogP) is 4.48. The number of halogens is 3. The van der Waals surface area contributed by atoms with Crippen LogP contribution in [-0.4, -0.2) is 0 Å². The molecule has 0 saturated heterocycles. The van der Waals surface area contributed by atoms with Crippen LogP contribution in [0.3, 0.4) is 0 Å². The van der Waals surface area contributed by atoms with Crippen LogP contribution in [0.4, 0.5) is 4.39 Å². The molecule has 0 aliphatic carbocycles. The van der Waals surface area contributed by atoms with E-state index in [4.69, 9.17) is 17.3 Å². The highest BCUT2D eigenvalue weighted by atomic mass is 79.9. The first-order chi connectivity index (χ1) is 8.58. The lowest BCUT2D eigenvalue weighted by Gasteiger charge is -2.13. The quantitative estimate of drug-likeness (QED) is 0.883. The van der Waals surface area contributed by atoms with Crippen molar-refractivity contribution in [3.8, 4) is 0 Å². The minimum absolute atomic E-state index is 0.221. The minimum atomic E-state index is -0.254. The van der Waals surface area contributed by atoms with E-state index in [-0.39, 0.29) is 11.9 Å². The first-order valence-electron chi connectivity index (χ1n) is 5.52. The molecule has 0 saturated carbocycles. The van der Waals surface area contributed by atoms with Crippen LogP contribution in [0.5, 0.6) is 0 Å². The molecule has 2 N–H and O–H groups in total. The molecule has 0 aliphatic heterocycles. The van der Waals surface area contributed by atoms with Crippen LogP contribution in [0.1, 0.15) is 17.2 Å². The molecule has 0 aromatic heterocycles. The lowest BCUT2D eigenvalue weighted by Crippen LogP contribution is -2.14. The first-order valence-corrected chi connectivity index (χ1v) is 6.69. The van der Waals surface area contributed by atoms with Crippen LogP contribution in [0.2, 0.25) is 5.02 Å². The molecule has 2 aromatic carbocycles. The van der Waals surface area contributed by atoms with Gasteiger partial charge in [-0.2, -0.15) is 0 Å². The second kappa shape index (κ2) is 5.83. The maximum absolute atomic E-state index is 13.5. The van der Waals surface area contributed by atoms with Gasteiger partial charge in [-0.3, -0.25) is 0 Å². The van der Waals surface area contributed by atoms with Gasteiger partial charge in [0.2, 0.25) is 0 Å². The Morgan fingerprint density at radius 2 is 1.94 bits per heavy atom. The van der Waals surface area contributed by atoms with E-state index in [0.717, 1.165) is 10.0 Å². The third kappa shape index (κ3) is 3.10. The van der Waals surface area contributed by atoms with Gasteiger partial charge in [-0.1, -0.05) is 35.9 Å².